The summed E-state index contributed by atoms with van der Waals surface area (Å²) in [7, 11) is -3.72. The normalized spacial score (nSPS) is 17.5. The Hall–Kier alpha value is -1.43. The van der Waals surface area contributed by atoms with Gasteiger partial charge in [0.1, 0.15) is 9.90 Å². The first kappa shape index (κ1) is 20.3. The summed E-state index contributed by atoms with van der Waals surface area (Å²) in [5.41, 5.74) is -0.0452. The fourth-order valence-electron chi connectivity index (χ4n) is 2.82. The van der Waals surface area contributed by atoms with Gasteiger partial charge in [0.15, 0.2) is 0 Å². The zero-order valence-electron chi connectivity index (χ0n) is 14.6. The molecule has 1 aliphatic heterocycles. The van der Waals surface area contributed by atoms with E-state index in [2.05, 4.69) is 26.2 Å². The average molecular weight is 423 g/mol. The SMILES string of the molecule is CC1CCN(CCNS(=O)(=O)c2ccc(-c3cc(C(F)(F)F)on3)s2)CC1. The molecule has 3 heterocycles. The van der Waals surface area contributed by atoms with Crippen molar-refractivity contribution >= 4 is 21.4 Å². The number of hydrogen-bond donors (Lipinski definition) is 1. The molecule has 6 nitrogen and oxygen atoms in total. The van der Waals surface area contributed by atoms with Gasteiger partial charge >= 0.3 is 6.18 Å². The van der Waals surface area contributed by atoms with Crippen molar-refractivity contribution in [3.8, 4) is 10.6 Å². The monoisotopic (exact) mass is 423 g/mol. The second-order valence-electron chi connectivity index (χ2n) is 6.61. The van der Waals surface area contributed by atoms with Crippen LogP contribution in [-0.2, 0) is 16.2 Å². The first-order valence-electron chi connectivity index (χ1n) is 8.51. The molecule has 11 heteroatoms. The summed E-state index contributed by atoms with van der Waals surface area (Å²) >= 11 is 0.849. The summed E-state index contributed by atoms with van der Waals surface area (Å²) in [5, 5.41) is 3.37. The highest BCUT2D eigenvalue weighted by Gasteiger charge is 2.36. The third-order valence-corrected chi connectivity index (χ3v) is 7.55. The van der Waals surface area contributed by atoms with Crippen molar-refractivity contribution in [2.24, 2.45) is 5.92 Å². The van der Waals surface area contributed by atoms with E-state index in [1.807, 2.05) is 0 Å². The molecular formula is C16H20F3N3O3S2. The van der Waals surface area contributed by atoms with Crippen LogP contribution < -0.4 is 4.72 Å². The van der Waals surface area contributed by atoms with Gasteiger partial charge in [-0.05, 0) is 44.0 Å². The molecule has 0 amide bonds. The van der Waals surface area contributed by atoms with Gasteiger partial charge in [-0.25, -0.2) is 13.1 Å². The van der Waals surface area contributed by atoms with Crippen molar-refractivity contribution < 1.29 is 26.1 Å². The Kier molecular flexibility index (Phi) is 5.94. The van der Waals surface area contributed by atoms with Crippen LogP contribution in [0.4, 0.5) is 13.2 Å². The smallest absolute Gasteiger partial charge is 0.351 e. The summed E-state index contributed by atoms with van der Waals surface area (Å²) in [6.45, 7) is 5.04. The summed E-state index contributed by atoms with van der Waals surface area (Å²) in [6.07, 6.45) is -2.41. The Morgan fingerprint density at radius 1 is 1.33 bits per heavy atom. The minimum absolute atomic E-state index is 0.0290. The Bertz CT molecular complexity index is 869. The van der Waals surface area contributed by atoms with Crippen LogP contribution in [0.25, 0.3) is 10.6 Å². The van der Waals surface area contributed by atoms with Crippen molar-refractivity contribution in [1.29, 1.82) is 0 Å². The zero-order chi connectivity index (χ0) is 19.7. The van der Waals surface area contributed by atoms with E-state index in [1.54, 1.807) is 0 Å². The third-order valence-electron chi connectivity index (χ3n) is 4.48. The molecule has 1 fully saturated rings. The standard InChI is InChI=1S/C16H20F3N3O3S2/c1-11-4-7-22(8-5-11)9-6-20-27(23,24)15-3-2-13(26-15)12-10-14(25-21-12)16(17,18)19/h2-3,10-11,20H,4-9H2,1H3. The minimum atomic E-state index is -4.63. The molecule has 0 saturated carbocycles. The lowest BCUT2D eigenvalue weighted by atomic mass is 9.99. The summed E-state index contributed by atoms with van der Waals surface area (Å²) in [6, 6.07) is 3.53. The van der Waals surface area contributed by atoms with Crippen LogP contribution >= 0.6 is 11.3 Å². The van der Waals surface area contributed by atoms with Gasteiger partial charge in [0.05, 0.1) is 4.88 Å². The van der Waals surface area contributed by atoms with E-state index >= 15 is 0 Å². The van der Waals surface area contributed by atoms with Gasteiger partial charge in [0.2, 0.25) is 15.8 Å². The maximum atomic E-state index is 12.6. The quantitative estimate of drug-likeness (QED) is 0.771. The maximum Gasteiger partial charge on any atom is 0.452 e. The molecule has 150 valence electrons. The number of piperidine rings is 1. The average Bonchev–Trinajstić information content (AvgIpc) is 3.25. The number of hydrogen-bond acceptors (Lipinski definition) is 6. The highest BCUT2D eigenvalue weighted by Crippen LogP contribution is 2.35. The van der Waals surface area contributed by atoms with Gasteiger partial charge in [0.25, 0.3) is 0 Å². The van der Waals surface area contributed by atoms with Gasteiger partial charge in [-0.3, -0.25) is 0 Å². The molecular weight excluding hydrogens is 403 g/mol. The molecule has 1 N–H and O–H groups in total. The predicted octanol–water partition coefficient (Wildman–Crippen LogP) is 3.43. The Morgan fingerprint density at radius 2 is 2.04 bits per heavy atom. The zero-order valence-corrected chi connectivity index (χ0v) is 16.3. The van der Waals surface area contributed by atoms with Crippen LogP contribution in [0.3, 0.4) is 0 Å². The van der Waals surface area contributed by atoms with Crippen LogP contribution in [0.2, 0.25) is 0 Å². The fourth-order valence-corrected chi connectivity index (χ4v) is 5.15. The molecule has 0 aliphatic carbocycles. The fraction of sp³-hybridized carbons (Fsp3) is 0.562. The highest BCUT2D eigenvalue weighted by atomic mass is 32.2. The van der Waals surface area contributed by atoms with E-state index in [4.69, 9.17) is 0 Å². The number of sulfonamides is 1. The predicted molar refractivity (Wildman–Crippen MR) is 94.8 cm³/mol. The van der Waals surface area contributed by atoms with Crippen LogP contribution in [0.5, 0.6) is 0 Å². The Balaban J connectivity index is 1.60. The van der Waals surface area contributed by atoms with Crippen molar-refractivity contribution in [2.75, 3.05) is 26.2 Å². The van der Waals surface area contributed by atoms with Crippen molar-refractivity contribution in [3.63, 3.8) is 0 Å². The highest BCUT2D eigenvalue weighted by molar-refractivity contribution is 7.91. The first-order valence-corrected chi connectivity index (χ1v) is 10.8. The molecule has 1 aliphatic rings. The molecule has 0 bridgehead atoms. The first-order chi connectivity index (χ1) is 12.6. The van der Waals surface area contributed by atoms with E-state index in [0.29, 0.717) is 17.3 Å². The molecule has 0 unspecified atom stereocenters. The van der Waals surface area contributed by atoms with Crippen molar-refractivity contribution in [2.45, 2.75) is 30.2 Å². The topological polar surface area (TPSA) is 75.4 Å². The minimum Gasteiger partial charge on any atom is -0.351 e. The molecule has 1 saturated heterocycles. The van der Waals surface area contributed by atoms with Gasteiger partial charge in [-0.15, -0.1) is 11.3 Å². The number of alkyl halides is 3. The van der Waals surface area contributed by atoms with E-state index in [1.165, 1.54) is 12.1 Å². The van der Waals surface area contributed by atoms with Crippen LogP contribution in [0.1, 0.15) is 25.5 Å². The van der Waals surface area contributed by atoms with E-state index in [0.717, 1.165) is 43.3 Å². The van der Waals surface area contributed by atoms with Gasteiger partial charge < -0.3 is 9.42 Å². The van der Waals surface area contributed by atoms with Crippen molar-refractivity contribution in [3.05, 3.63) is 24.0 Å². The molecule has 2 aromatic heterocycles. The molecule has 2 aromatic rings. The number of thiophene rings is 1. The molecule has 3 rings (SSSR count). The molecule has 27 heavy (non-hydrogen) atoms. The second kappa shape index (κ2) is 7.90. The Labute approximate surface area is 159 Å². The second-order valence-corrected chi connectivity index (χ2v) is 9.69. The number of nitrogens with zero attached hydrogens (tertiary/aromatic N) is 2. The van der Waals surface area contributed by atoms with Crippen molar-refractivity contribution in [1.82, 2.24) is 14.8 Å². The van der Waals surface area contributed by atoms with Crippen LogP contribution in [0.15, 0.2) is 26.9 Å². The number of rotatable bonds is 6. The van der Waals surface area contributed by atoms with Gasteiger partial charge in [0, 0.05) is 19.2 Å². The van der Waals surface area contributed by atoms with Crippen LogP contribution in [0, 0.1) is 5.92 Å². The number of aromatic nitrogens is 1. The lowest BCUT2D eigenvalue weighted by Gasteiger charge is -2.30. The lowest BCUT2D eigenvalue weighted by molar-refractivity contribution is -0.155. The van der Waals surface area contributed by atoms with Gasteiger partial charge in [-0.1, -0.05) is 12.1 Å². The summed E-state index contributed by atoms with van der Waals surface area (Å²) < 4.78 is 69.4. The van der Waals surface area contributed by atoms with Crippen LogP contribution in [-0.4, -0.2) is 44.7 Å². The lowest BCUT2D eigenvalue weighted by Crippen LogP contribution is -2.39. The molecule has 0 aromatic carbocycles. The molecule has 0 spiro atoms. The van der Waals surface area contributed by atoms with Gasteiger partial charge in [-0.2, -0.15) is 13.2 Å². The maximum absolute atomic E-state index is 12.6. The third kappa shape index (κ3) is 5.09. The number of halogens is 3. The largest absolute Gasteiger partial charge is 0.452 e. The molecule has 0 atom stereocenters. The number of likely N-dealkylation sites (tertiary alicyclic amines) is 1. The summed E-state index contributed by atoms with van der Waals surface area (Å²) in [5.74, 6) is -0.513. The molecule has 0 radical (unpaired) electrons. The Morgan fingerprint density at radius 3 is 2.67 bits per heavy atom. The summed E-state index contributed by atoms with van der Waals surface area (Å²) in [4.78, 5) is 2.51. The van der Waals surface area contributed by atoms with E-state index < -0.39 is 22.0 Å². The van der Waals surface area contributed by atoms with E-state index in [9.17, 15) is 21.6 Å². The van der Waals surface area contributed by atoms with E-state index in [-0.39, 0.29) is 16.4 Å². The number of nitrogens with one attached hydrogen (secondary N) is 1.